The van der Waals surface area contributed by atoms with Crippen LogP contribution in [0.15, 0.2) is 0 Å². The van der Waals surface area contributed by atoms with Gasteiger partial charge in [0.05, 0.1) is 0 Å². The van der Waals surface area contributed by atoms with Gasteiger partial charge in [-0.25, -0.2) is 0 Å². The fourth-order valence-corrected chi connectivity index (χ4v) is 3.23. The predicted octanol–water partition coefficient (Wildman–Crippen LogP) is 0.393. The van der Waals surface area contributed by atoms with Crippen molar-refractivity contribution in [2.45, 2.75) is 37.8 Å². The van der Waals surface area contributed by atoms with Gasteiger partial charge in [0, 0.05) is 31.8 Å². The van der Waals surface area contributed by atoms with Gasteiger partial charge in [0.2, 0.25) is 0 Å². The van der Waals surface area contributed by atoms with Crippen LogP contribution < -0.4 is 5.73 Å². The number of hydrogen-bond acceptors (Lipinski definition) is 4. The Balaban J connectivity index is 1.74. The van der Waals surface area contributed by atoms with Crippen molar-refractivity contribution in [3.63, 3.8) is 0 Å². The van der Waals surface area contributed by atoms with E-state index in [4.69, 9.17) is 5.73 Å². The lowest BCUT2D eigenvalue weighted by atomic mass is 9.97. The van der Waals surface area contributed by atoms with E-state index in [-0.39, 0.29) is 0 Å². The maximum atomic E-state index is 5.69. The molecule has 0 aromatic carbocycles. The van der Waals surface area contributed by atoms with Crippen LogP contribution in [0.5, 0.6) is 0 Å². The normalized spacial score (nSPS) is 26.8. The van der Waals surface area contributed by atoms with Crippen LogP contribution in [0.1, 0.15) is 25.7 Å². The molecule has 2 N–H and O–H groups in total. The maximum absolute atomic E-state index is 5.69. The minimum Gasteiger partial charge on any atom is -0.318 e. The summed E-state index contributed by atoms with van der Waals surface area (Å²) in [6, 6.07) is 1.62. The van der Waals surface area contributed by atoms with E-state index in [1.165, 1.54) is 51.9 Å². The average Bonchev–Trinajstić information content (AvgIpc) is 2.39. The molecule has 0 aliphatic carbocycles. The molecule has 0 radical (unpaired) electrons. The molecule has 0 spiro atoms. The van der Waals surface area contributed by atoms with Gasteiger partial charge in [0.25, 0.3) is 0 Å². The molecule has 0 bridgehead atoms. The molecule has 0 atom stereocenters. The molecular formula is C13H28N4. The van der Waals surface area contributed by atoms with E-state index in [1.54, 1.807) is 0 Å². The molecule has 0 aromatic rings. The van der Waals surface area contributed by atoms with Crippen molar-refractivity contribution in [1.29, 1.82) is 0 Å². The molecule has 2 saturated heterocycles. The SMILES string of the molecule is CN(C)C1CCN(C2CCN(CN)CC2)CC1. The number of likely N-dealkylation sites (tertiary alicyclic amines) is 2. The number of piperidine rings is 2. The van der Waals surface area contributed by atoms with Gasteiger partial charge in [-0.3, -0.25) is 4.90 Å². The molecule has 0 aromatic heterocycles. The highest BCUT2D eigenvalue weighted by Crippen LogP contribution is 2.22. The molecule has 17 heavy (non-hydrogen) atoms. The Bertz CT molecular complexity index is 215. The van der Waals surface area contributed by atoms with Crippen LogP contribution in [0.2, 0.25) is 0 Å². The zero-order valence-electron chi connectivity index (χ0n) is 11.4. The standard InChI is InChI=1S/C13H28N4/c1-15(2)12-5-9-17(10-6-12)13-3-7-16(11-14)8-4-13/h12-13H,3-11,14H2,1-2H3. The molecule has 2 rings (SSSR count). The van der Waals surface area contributed by atoms with E-state index in [2.05, 4.69) is 28.8 Å². The van der Waals surface area contributed by atoms with Crippen LogP contribution in [0.3, 0.4) is 0 Å². The molecule has 2 aliphatic heterocycles. The summed E-state index contributed by atoms with van der Waals surface area (Å²) in [5, 5.41) is 0. The lowest BCUT2D eigenvalue weighted by molar-refractivity contribution is 0.0682. The summed E-state index contributed by atoms with van der Waals surface area (Å²) in [5.74, 6) is 0. The third-order valence-corrected chi connectivity index (χ3v) is 4.56. The van der Waals surface area contributed by atoms with Gasteiger partial charge in [-0.2, -0.15) is 0 Å². The van der Waals surface area contributed by atoms with Crippen molar-refractivity contribution in [1.82, 2.24) is 14.7 Å². The summed E-state index contributed by atoms with van der Waals surface area (Å²) in [5.41, 5.74) is 5.69. The van der Waals surface area contributed by atoms with Crippen molar-refractivity contribution >= 4 is 0 Å². The lowest BCUT2D eigenvalue weighted by Gasteiger charge is -2.42. The van der Waals surface area contributed by atoms with E-state index in [1.807, 2.05) is 0 Å². The van der Waals surface area contributed by atoms with E-state index in [0.717, 1.165) is 18.8 Å². The van der Waals surface area contributed by atoms with Crippen LogP contribution in [0.4, 0.5) is 0 Å². The number of nitrogens with two attached hydrogens (primary N) is 1. The first kappa shape index (κ1) is 13.3. The minimum absolute atomic E-state index is 0.732. The molecule has 0 amide bonds. The topological polar surface area (TPSA) is 35.7 Å². The van der Waals surface area contributed by atoms with Gasteiger partial charge in [0.15, 0.2) is 0 Å². The van der Waals surface area contributed by atoms with Crippen LogP contribution in [-0.4, -0.2) is 73.7 Å². The van der Waals surface area contributed by atoms with Gasteiger partial charge < -0.3 is 15.5 Å². The van der Waals surface area contributed by atoms with E-state index in [0.29, 0.717) is 0 Å². The molecule has 2 heterocycles. The highest BCUT2D eigenvalue weighted by Gasteiger charge is 2.28. The Hall–Kier alpha value is -0.160. The van der Waals surface area contributed by atoms with E-state index < -0.39 is 0 Å². The maximum Gasteiger partial charge on any atom is 0.0455 e. The number of hydrogen-bond donors (Lipinski definition) is 1. The second-order valence-electron chi connectivity index (χ2n) is 5.76. The summed E-state index contributed by atoms with van der Waals surface area (Å²) >= 11 is 0. The van der Waals surface area contributed by atoms with E-state index >= 15 is 0 Å². The van der Waals surface area contributed by atoms with Crippen molar-refractivity contribution in [3.05, 3.63) is 0 Å². The quantitative estimate of drug-likeness (QED) is 0.774. The smallest absolute Gasteiger partial charge is 0.0455 e. The summed E-state index contributed by atoms with van der Waals surface area (Å²) < 4.78 is 0. The zero-order chi connectivity index (χ0) is 12.3. The van der Waals surface area contributed by atoms with Crippen molar-refractivity contribution in [2.24, 2.45) is 5.73 Å². The van der Waals surface area contributed by atoms with Crippen molar-refractivity contribution in [3.8, 4) is 0 Å². The first-order valence-corrected chi connectivity index (χ1v) is 7.03. The monoisotopic (exact) mass is 240 g/mol. The Kier molecular flexibility index (Phi) is 4.79. The molecule has 2 fully saturated rings. The highest BCUT2D eigenvalue weighted by molar-refractivity contribution is 4.84. The van der Waals surface area contributed by atoms with E-state index in [9.17, 15) is 0 Å². The van der Waals surface area contributed by atoms with Gasteiger partial charge in [-0.05, 0) is 52.9 Å². The summed E-state index contributed by atoms with van der Waals surface area (Å²) in [6.45, 7) is 5.69. The van der Waals surface area contributed by atoms with Crippen molar-refractivity contribution in [2.75, 3.05) is 46.9 Å². The Morgan fingerprint density at radius 2 is 1.59 bits per heavy atom. The summed E-state index contributed by atoms with van der Waals surface area (Å²) in [6.07, 6.45) is 5.29. The second kappa shape index (κ2) is 6.14. The molecule has 4 heteroatoms. The molecule has 2 aliphatic rings. The molecular weight excluding hydrogens is 212 g/mol. The highest BCUT2D eigenvalue weighted by atomic mass is 15.2. The Morgan fingerprint density at radius 3 is 2.06 bits per heavy atom. The lowest BCUT2D eigenvalue weighted by Crippen LogP contribution is -2.50. The van der Waals surface area contributed by atoms with Gasteiger partial charge in [0.1, 0.15) is 0 Å². The number of rotatable bonds is 3. The van der Waals surface area contributed by atoms with Crippen LogP contribution in [0.25, 0.3) is 0 Å². The Morgan fingerprint density at radius 1 is 1.00 bits per heavy atom. The molecule has 4 nitrogen and oxygen atoms in total. The third kappa shape index (κ3) is 3.41. The van der Waals surface area contributed by atoms with Crippen LogP contribution >= 0.6 is 0 Å². The minimum atomic E-state index is 0.732. The van der Waals surface area contributed by atoms with Crippen molar-refractivity contribution < 1.29 is 0 Å². The van der Waals surface area contributed by atoms with Gasteiger partial charge in [-0.1, -0.05) is 0 Å². The first-order chi connectivity index (χ1) is 8.20. The fourth-order valence-electron chi connectivity index (χ4n) is 3.23. The molecule has 100 valence electrons. The predicted molar refractivity (Wildman–Crippen MR) is 71.9 cm³/mol. The summed E-state index contributed by atoms with van der Waals surface area (Å²) in [7, 11) is 4.42. The summed E-state index contributed by atoms with van der Waals surface area (Å²) in [4.78, 5) is 7.46. The molecule has 0 saturated carbocycles. The van der Waals surface area contributed by atoms with Gasteiger partial charge in [-0.15, -0.1) is 0 Å². The second-order valence-corrected chi connectivity index (χ2v) is 5.76. The molecule has 0 unspecified atom stereocenters. The van der Waals surface area contributed by atoms with Gasteiger partial charge >= 0.3 is 0 Å². The fraction of sp³-hybridized carbons (Fsp3) is 1.00. The van der Waals surface area contributed by atoms with Crippen LogP contribution in [-0.2, 0) is 0 Å². The zero-order valence-corrected chi connectivity index (χ0v) is 11.4. The first-order valence-electron chi connectivity index (χ1n) is 7.03. The third-order valence-electron chi connectivity index (χ3n) is 4.56. The average molecular weight is 240 g/mol. The largest absolute Gasteiger partial charge is 0.318 e. The Labute approximate surface area is 106 Å². The number of nitrogens with zero attached hydrogens (tertiary/aromatic N) is 3. The van der Waals surface area contributed by atoms with Crippen LogP contribution in [0, 0.1) is 0 Å².